The quantitative estimate of drug-likeness (QED) is 0.908. The van der Waals surface area contributed by atoms with Crippen LogP contribution in [0.1, 0.15) is 30.5 Å². The third-order valence-corrected chi connectivity index (χ3v) is 4.11. The van der Waals surface area contributed by atoms with Crippen LogP contribution in [0.15, 0.2) is 53.7 Å². The molecular formula is C19H19FN2O3. The molecule has 2 aromatic rings. The van der Waals surface area contributed by atoms with Crippen molar-refractivity contribution in [1.82, 2.24) is 5.32 Å². The van der Waals surface area contributed by atoms with Gasteiger partial charge < -0.3 is 14.9 Å². The Balaban J connectivity index is 1.58. The van der Waals surface area contributed by atoms with Gasteiger partial charge in [0.05, 0.1) is 18.9 Å². The summed E-state index contributed by atoms with van der Waals surface area (Å²) >= 11 is 0. The Kier molecular flexibility index (Phi) is 4.97. The van der Waals surface area contributed by atoms with Gasteiger partial charge in [-0.05, 0) is 42.3 Å². The SMILES string of the molecule is COc1ccc(C(C)NC(=O)C2CC(c3ccc(F)cc3)=NO2)cc1. The summed E-state index contributed by atoms with van der Waals surface area (Å²) in [7, 11) is 1.61. The molecule has 0 saturated heterocycles. The second-order valence-corrected chi connectivity index (χ2v) is 5.85. The number of carbonyl (C=O) groups excluding carboxylic acids is 1. The van der Waals surface area contributed by atoms with E-state index in [0.29, 0.717) is 12.1 Å². The lowest BCUT2D eigenvalue weighted by atomic mass is 10.0. The number of methoxy groups -OCH3 is 1. The van der Waals surface area contributed by atoms with Crippen LogP contribution in [0.2, 0.25) is 0 Å². The first-order valence-electron chi connectivity index (χ1n) is 8.00. The van der Waals surface area contributed by atoms with E-state index in [9.17, 15) is 9.18 Å². The number of hydrogen-bond donors (Lipinski definition) is 1. The van der Waals surface area contributed by atoms with Gasteiger partial charge in [0.25, 0.3) is 5.91 Å². The molecular weight excluding hydrogens is 323 g/mol. The van der Waals surface area contributed by atoms with Crippen LogP contribution in [0.25, 0.3) is 0 Å². The summed E-state index contributed by atoms with van der Waals surface area (Å²) < 4.78 is 18.1. The van der Waals surface area contributed by atoms with E-state index in [2.05, 4.69) is 10.5 Å². The average molecular weight is 342 g/mol. The van der Waals surface area contributed by atoms with Gasteiger partial charge in [0.15, 0.2) is 0 Å². The van der Waals surface area contributed by atoms with Crippen molar-refractivity contribution in [2.45, 2.75) is 25.5 Å². The van der Waals surface area contributed by atoms with Crippen molar-refractivity contribution in [3.05, 3.63) is 65.5 Å². The maximum atomic E-state index is 13.0. The molecule has 1 N–H and O–H groups in total. The Morgan fingerprint density at radius 1 is 1.24 bits per heavy atom. The molecule has 3 rings (SSSR count). The number of oxime groups is 1. The molecule has 0 fully saturated rings. The van der Waals surface area contributed by atoms with E-state index < -0.39 is 6.10 Å². The van der Waals surface area contributed by atoms with Gasteiger partial charge in [-0.2, -0.15) is 0 Å². The second kappa shape index (κ2) is 7.34. The second-order valence-electron chi connectivity index (χ2n) is 5.85. The van der Waals surface area contributed by atoms with E-state index >= 15 is 0 Å². The summed E-state index contributed by atoms with van der Waals surface area (Å²) in [6, 6.07) is 13.3. The highest BCUT2D eigenvalue weighted by Gasteiger charge is 2.29. The molecule has 25 heavy (non-hydrogen) atoms. The Morgan fingerprint density at radius 3 is 2.56 bits per heavy atom. The molecule has 1 heterocycles. The molecule has 1 amide bonds. The third-order valence-electron chi connectivity index (χ3n) is 4.11. The number of rotatable bonds is 5. The molecule has 2 atom stereocenters. The lowest BCUT2D eigenvalue weighted by Gasteiger charge is -2.16. The van der Waals surface area contributed by atoms with E-state index in [-0.39, 0.29) is 17.8 Å². The van der Waals surface area contributed by atoms with Gasteiger partial charge in [0, 0.05) is 6.42 Å². The highest BCUT2D eigenvalue weighted by Crippen LogP contribution is 2.20. The topological polar surface area (TPSA) is 59.9 Å². The standard InChI is InChI=1S/C19H19FN2O3/c1-12(13-5-9-16(24-2)10-6-13)21-19(23)18-11-17(22-25-18)14-3-7-15(20)8-4-14/h3-10,12,18H,11H2,1-2H3,(H,21,23). The Morgan fingerprint density at radius 2 is 1.92 bits per heavy atom. The predicted octanol–water partition coefficient (Wildman–Crippen LogP) is 3.20. The molecule has 2 unspecified atom stereocenters. The number of nitrogens with one attached hydrogen (secondary N) is 1. The summed E-state index contributed by atoms with van der Waals surface area (Å²) in [6.45, 7) is 1.90. The maximum absolute atomic E-state index is 13.0. The minimum Gasteiger partial charge on any atom is -0.497 e. The van der Waals surface area contributed by atoms with Crippen LogP contribution in [0.4, 0.5) is 4.39 Å². The zero-order valence-corrected chi connectivity index (χ0v) is 14.0. The Bertz CT molecular complexity index is 772. The van der Waals surface area contributed by atoms with Crippen molar-refractivity contribution in [3.8, 4) is 5.75 Å². The first-order chi connectivity index (χ1) is 12.1. The zero-order valence-electron chi connectivity index (χ0n) is 14.0. The lowest BCUT2D eigenvalue weighted by molar-refractivity contribution is -0.131. The molecule has 0 aromatic heterocycles. The third kappa shape index (κ3) is 3.96. The summed E-state index contributed by atoms with van der Waals surface area (Å²) in [5.74, 6) is 0.216. The Hall–Kier alpha value is -2.89. The number of carbonyl (C=O) groups is 1. The molecule has 5 nitrogen and oxygen atoms in total. The predicted molar refractivity (Wildman–Crippen MR) is 92.0 cm³/mol. The molecule has 0 saturated carbocycles. The van der Waals surface area contributed by atoms with Crippen LogP contribution in [0.5, 0.6) is 5.75 Å². The number of hydrogen-bond acceptors (Lipinski definition) is 4. The minimum absolute atomic E-state index is 0.170. The molecule has 1 aliphatic heterocycles. The van der Waals surface area contributed by atoms with Gasteiger partial charge in [-0.1, -0.05) is 29.4 Å². The summed E-state index contributed by atoms with van der Waals surface area (Å²) in [6.07, 6.45) is -0.326. The van der Waals surface area contributed by atoms with Crippen LogP contribution in [0.3, 0.4) is 0 Å². The van der Waals surface area contributed by atoms with Crippen LogP contribution in [-0.4, -0.2) is 24.8 Å². The number of ether oxygens (including phenoxy) is 1. The van der Waals surface area contributed by atoms with Crippen molar-refractivity contribution in [2.24, 2.45) is 5.16 Å². The van der Waals surface area contributed by atoms with Crippen LogP contribution in [-0.2, 0) is 9.63 Å². The average Bonchev–Trinajstić information content (AvgIpc) is 3.12. The van der Waals surface area contributed by atoms with E-state index in [1.54, 1.807) is 19.2 Å². The van der Waals surface area contributed by atoms with Crippen molar-refractivity contribution in [3.63, 3.8) is 0 Å². The fraction of sp³-hybridized carbons (Fsp3) is 0.263. The van der Waals surface area contributed by atoms with Gasteiger partial charge in [-0.3, -0.25) is 4.79 Å². The molecule has 6 heteroatoms. The van der Waals surface area contributed by atoms with Crippen LogP contribution >= 0.6 is 0 Å². The van der Waals surface area contributed by atoms with Crippen molar-refractivity contribution in [1.29, 1.82) is 0 Å². The van der Waals surface area contributed by atoms with Gasteiger partial charge in [-0.25, -0.2) is 4.39 Å². The molecule has 1 aliphatic rings. The Labute approximate surface area is 145 Å². The number of nitrogens with zero attached hydrogens (tertiary/aromatic N) is 1. The first-order valence-corrected chi connectivity index (χ1v) is 8.00. The van der Waals surface area contributed by atoms with E-state index in [1.165, 1.54) is 12.1 Å². The number of amides is 1. The fourth-order valence-electron chi connectivity index (χ4n) is 2.61. The summed E-state index contributed by atoms with van der Waals surface area (Å²) in [5, 5.41) is 6.88. The van der Waals surface area contributed by atoms with Crippen molar-refractivity contribution >= 4 is 11.6 Å². The minimum atomic E-state index is -0.680. The van der Waals surface area contributed by atoms with Crippen molar-refractivity contribution < 1.29 is 18.8 Å². The van der Waals surface area contributed by atoms with E-state index in [4.69, 9.17) is 9.57 Å². The van der Waals surface area contributed by atoms with Crippen LogP contribution < -0.4 is 10.1 Å². The molecule has 0 radical (unpaired) electrons. The molecule has 0 aliphatic carbocycles. The van der Waals surface area contributed by atoms with E-state index in [1.807, 2.05) is 31.2 Å². The highest BCUT2D eigenvalue weighted by molar-refractivity contribution is 6.04. The van der Waals surface area contributed by atoms with E-state index in [0.717, 1.165) is 16.9 Å². The number of halogens is 1. The summed E-state index contributed by atoms with van der Waals surface area (Å²) in [5.41, 5.74) is 2.35. The van der Waals surface area contributed by atoms with Gasteiger partial charge in [-0.15, -0.1) is 0 Å². The maximum Gasteiger partial charge on any atom is 0.264 e. The highest BCUT2D eigenvalue weighted by atomic mass is 19.1. The zero-order chi connectivity index (χ0) is 17.8. The number of benzene rings is 2. The monoisotopic (exact) mass is 342 g/mol. The van der Waals surface area contributed by atoms with Crippen molar-refractivity contribution in [2.75, 3.05) is 7.11 Å². The molecule has 2 aromatic carbocycles. The van der Waals surface area contributed by atoms with Gasteiger partial charge in [0.2, 0.25) is 6.10 Å². The normalized spacial score (nSPS) is 17.4. The fourth-order valence-corrected chi connectivity index (χ4v) is 2.61. The van der Waals surface area contributed by atoms with Gasteiger partial charge in [0.1, 0.15) is 11.6 Å². The largest absolute Gasteiger partial charge is 0.497 e. The summed E-state index contributed by atoms with van der Waals surface area (Å²) in [4.78, 5) is 17.6. The molecule has 130 valence electrons. The molecule has 0 spiro atoms. The lowest BCUT2D eigenvalue weighted by Crippen LogP contribution is -2.36. The first kappa shape index (κ1) is 17.0. The smallest absolute Gasteiger partial charge is 0.264 e. The van der Waals surface area contributed by atoms with Crippen LogP contribution in [0, 0.1) is 5.82 Å². The van der Waals surface area contributed by atoms with Gasteiger partial charge >= 0.3 is 0 Å². The molecule has 0 bridgehead atoms.